The van der Waals surface area contributed by atoms with Crippen LogP contribution in [0.5, 0.6) is 0 Å². The van der Waals surface area contributed by atoms with Gasteiger partial charge in [0.25, 0.3) is 0 Å². The molecule has 1 rings (SSSR count). The van der Waals surface area contributed by atoms with Gasteiger partial charge < -0.3 is 41.7 Å². The Morgan fingerprint density at radius 3 is 1.63 bits per heavy atom. The van der Waals surface area contributed by atoms with E-state index < -0.39 is 84.5 Å². The largest absolute Gasteiger partial charge is 0.481 e. The Kier molecular flexibility index (Phi) is 17.7. The molecule has 0 unspecified atom stereocenters. The van der Waals surface area contributed by atoms with Gasteiger partial charge in [0.15, 0.2) is 0 Å². The van der Waals surface area contributed by atoms with Crippen molar-refractivity contribution in [2.45, 2.75) is 130 Å². The number of likely N-dealkylation sites (tertiary alicyclic amines) is 1. The number of aliphatic carboxylic acids is 2. The molecule has 4 atom stereocenters. The zero-order valence-corrected chi connectivity index (χ0v) is 28.0. The summed E-state index contributed by atoms with van der Waals surface area (Å²) in [5.74, 6) is -6.50. The van der Waals surface area contributed by atoms with Crippen LogP contribution in [0, 0.1) is 11.8 Å². The van der Waals surface area contributed by atoms with E-state index in [1.165, 1.54) is 0 Å². The number of urea groups is 1. The topological polar surface area (TPSA) is 223 Å². The lowest BCUT2D eigenvalue weighted by atomic mass is 10.0. The van der Waals surface area contributed by atoms with E-state index >= 15 is 0 Å². The van der Waals surface area contributed by atoms with Crippen LogP contribution in [0.3, 0.4) is 0 Å². The van der Waals surface area contributed by atoms with E-state index in [1.54, 1.807) is 32.6 Å². The Morgan fingerprint density at radius 2 is 1.17 bits per heavy atom. The normalized spacial score (nSPS) is 15.5. The zero-order valence-electron chi connectivity index (χ0n) is 28.0. The fourth-order valence-corrected chi connectivity index (χ4v) is 5.25. The summed E-state index contributed by atoms with van der Waals surface area (Å²) in [7, 11) is 0. The highest BCUT2D eigenvalue weighted by Gasteiger charge is 2.35. The number of carboxylic acid groups (broad SMARTS) is 2. The number of carbonyl (C=O) groups excluding carboxylic acids is 5. The third-order valence-electron chi connectivity index (χ3n) is 7.65. The van der Waals surface area contributed by atoms with E-state index in [-0.39, 0.29) is 18.4 Å². The first-order valence-corrected chi connectivity index (χ1v) is 16.3. The van der Waals surface area contributed by atoms with Crippen LogP contribution in [0.1, 0.15) is 99.3 Å². The number of rotatable bonds is 20. The van der Waals surface area contributed by atoms with Gasteiger partial charge in [0.1, 0.15) is 24.2 Å². The van der Waals surface area contributed by atoms with Crippen LogP contribution in [0.2, 0.25) is 0 Å². The number of nitrogens with one attached hydrogen (secondary N) is 5. The number of carboxylic acids is 2. The number of carbonyl (C=O) groups is 7. The van der Waals surface area contributed by atoms with Gasteiger partial charge in [-0.05, 0) is 43.9 Å². The SMILES string of the molecule is CCCC(CCC)NC(=O)N[C@H](C(=O)N[C@@H](CC(=O)N1CCCC1)C(=O)N[C@@H](CC(=O)O)C(=O)N[C@@H](CC(C)C)C(=O)O)C(C)C. The molecule has 15 heteroatoms. The first-order valence-electron chi connectivity index (χ1n) is 16.3. The van der Waals surface area contributed by atoms with Crippen LogP contribution in [0.4, 0.5) is 4.79 Å². The second-order valence-corrected chi connectivity index (χ2v) is 12.7. The maximum atomic E-state index is 13.5. The molecule has 46 heavy (non-hydrogen) atoms. The second kappa shape index (κ2) is 20.3. The van der Waals surface area contributed by atoms with Gasteiger partial charge >= 0.3 is 18.0 Å². The molecule has 0 saturated carbocycles. The molecule has 1 aliphatic heterocycles. The Bertz CT molecular complexity index is 1060. The molecule has 0 spiro atoms. The fraction of sp³-hybridized carbons (Fsp3) is 0.774. The van der Waals surface area contributed by atoms with E-state index in [0.717, 1.165) is 38.5 Å². The lowest BCUT2D eigenvalue weighted by Gasteiger charge is -2.28. The van der Waals surface area contributed by atoms with E-state index in [4.69, 9.17) is 0 Å². The maximum absolute atomic E-state index is 13.5. The molecule has 1 fully saturated rings. The summed E-state index contributed by atoms with van der Waals surface area (Å²) >= 11 is 0. The van der Waals surface area contributed by atoms with Crippen LogP contribution in [-0.2, 0) is 28.8 Å². The molecular formula is C31H54N6O9. The minimum atomic E-state index is -1.70. The molecule has 6 amide bonds. The van der Waals surface area contributed by atoms with Gasteiger partial charge in [-0.25, -0.2) is 9.59 Å². The molecule has 0 aliphatic carbocycles. The van der Waals surface area contributed by atoms with Gasteiger partial charge in [-0.15, -0.1) is 0 Å². The summed E-state index contributed by atoms with van der Waals surface area (Å²) in [4.78, 5) is 90.8. The Balaban J connectivity index is 3.22. The van der Waals surface area contributed by atoms with Crippen molar-refractivity contribution in [3.63, 3.8) is 0 Å². The van der Waals surface area contributed by atoms with Crippen molar-refractivity contribution in [3.05, 3.63) is 0 Å². The van der Waals surface area contributed by atoms with E-state index in [9.17, 15) is 43.8 Å². The molecule has 1 heterocycles. The third kappa shape index (κ3) is 14.5. The van der Waals surface area contributed by atoms with Crippen LogP contribution in [0.25, 0.3) is 0 Å². The summed E-state index contributed by atoms with van der Waals surface area (Å²) in [6.07, 6.45) is 3.51. The zero-order chi connectivity index (χ0) is 35.0. The smallest absolute Gasteiger partial charge is 0.326 e. The summed E-state index contributed by atoms with van der Waals surface area (Å²) < 4.78 is 0. The molecule has 15 nitrogen and oxygen atoms in total. The predicted octanol–water partition coefficient (Wildman–Crippen LogP) is 1.35. The molecular weight excluding hydrogens is 600 g/mol. The highest BCUT2D eigenvalue weighted by atomic mass is 16.4. The van der Waals surface area contributed by atoms with Crippen molar-refractivity contribution < 1.29 is 43.8 Å². The highest BCUT2D eigenvalue weighted by molar-refractivity contribution is 5.98. The standard InChI is InChI=1S/C31H54N6O9/c1-7-11-20(12-8-2)32-31(46)36-26(19(5)6)29(43)34-21(16-24(38)37-13-9-10-14-37)27(41)33-22(17-25(39)40)28(42)35-23(30(44)45)15-18(3)4/h18-23,26H,7-17H2,1-6H3,(H,33,41)(H,34,43)(H,35,42)(H,39,40)(H,44,45)(H2,32,36,46)/t21-,22-,23-,26-/m0/s1. The van der Waals surface area contributed by atoms with Crippen molar-refractivity contribution in [2.24, 2.45) is 11.8 Å². The van der Waals surface area contributed by atoms with Crippen molar-refractivity contribution in [1.82, 2.24) is 31.5 Å². The molecule has 0 radical (unpaired) electrons. The molecule has 0 aromatic rings. The number of amides is 6. The van der Waals surface area contributed by atoms with Crippen molar-refractivity contribution in [3.8, 4) is 0 Å². The molecule has 0 bridgehead atoms. The summed E-state index contributed by atoms with van der Waals surface area (Å²) in [5, 5.41) is 31.6. The van der Waals surface area contributed by atoms with Crippen LogP contribution in [-0.4, -0.2) is 100 Å². The fourth-order valence-electron chi connectivity index (χ4n) is 5.25. The van der Waals surface area contributed by atoms with E-state index in [2.05, 4.69) is 26.6 Å². The third-order valence-corrected chi connectivity index (χ3v) is 7.65. The van der Waals surface area contributed by atoms with Crippen LogP contribution in [0.15, 0.2) is 0 Å². The summed E-state index contributed by atoms with van der Waals surface area (Å²) in [6.45, 7) is 11.9. The first kappa shape index (κ1) is 40.1. The van der Waals surface area contributed by atoms with Gasteiger partial charge in [0.2, 0.25) is 23.6 Å². The quantitative estimate of drug-likeness (QED) is 0.100. The highest BCUT2D eigenvalue weighted by Crippen LogP contribution is 2.12. The lowest BCUT2D eigenvalue weighted by molar-refractivity contribution is -0.144. The van der Waals surface area contributed by atoms with Crippen molar-refractivity contribution in [2.75, 3.05) is 13.1 Å². The monoisotopic (exact) mass is 654 g/mol. The second-order valence-electron chi connectivity index (χ2n) is 12.7. The Hall–Kier alpha value is -3.91. The predicted molar refractivity (Wildman–Crippen MR) is 169 cm³/mol. The van der Waals surface area contributed by atoms with Gasteiger partial charge in [0, 0.05) is 19.1 Å². The lowest BCUT2D eigenvalue weighted by Crippen LogP contribution is -2.60. The number of hydrogen-bond donors (Lipinski definition) is 7. The van der Waals surface area contributed by atoms with Gasteiger partial charge in [-0.1, -0.05) is 54.4 Å². The average molecular weight is 655 g/mol. The average Bonchev–Trinajstić information content (AvgIpc) is 3.49. The van der Waals surface area contributed by atoms with Crippen molar-refractivity contribution in [1.29, 1.82) is 0 Å². The summed E-state index contributed by atoms with van der Waals surface area (Å²) in [6, 6.07) is -6.27. The maximum Gasteiger partial charge on any atom is 0.326 e. The molecule has 7 N–H and O–H groups in total. The molecule has 1 aliphatic rings. The van der Waals surface area contributed by atoms with E-state index in [1.807, 2.05) is 13.8 Å². The molecule has 0 aromatic carbocycles. The van der Waals surface area contributed by atoms with E-state index in [0.29, 0.717) is 13.1 Å². The van der Waals surface area contributed by atoms with Crippen molar-refractivity contribution >= 4 is 41.6 Å². The molecule has 0 aromatic heterocycles. The van der Waals surface area contributed by atoms with Gasteiger partial charge in [-0.3, -0.25) is 24.0 Å². The first-order chi connectivity index (χ1) is 21.6. The van der Waals surface area contributed by atoms with Gasteiger partial charge in [0.05, 0.1) is 12.8 Å². The molecule has 1 saturated heterocycles. The number of hydrogen-bond acceptors (Lipinski definition) is 7. The minimum absolute atomic E-state index is 0.0621. The summed E-state index contributed by atoms with van der Waals surface area (Å²) in [5.41, 5.74) is 0. The van der Waals surface area contributed by atoms with Gasteiger partial charge in [-0.2, -0.15) is 0 Å². The Morgan fingerprint density at radius 1 is 0.674 bits per heavy atom. The minimum Gasteiger partial charge on any atom is -0.481 e. The van der Waals surface area contributed by atoms with Crippen LogP contribution >= 0.6 is 0 Å². The van der Waals surface area contributed by atoms with Crippen LogP contribution < -0.4 is 26.6 Å². The molecule has 262 valence electrons. The number of nitrogens with zero attached hydrogens (tertiary/aromatic N) is 1. The Labute approximate surface area is 271 Å².